The maximum absolute atomic E-state index is 14.0. The van der Waals surface area contributed by atoms with Gasteiger partial charge in [-0.3, -0.25) is 0 Å². The number of rotatable bonds is 6. The summed E-state index contributed by atoms with van der Waals surface area (Å²) in [5.41, 5.74) is 0.629. The summed E-state index contributed by atoms with van der Waals surface area (Å²) in [6, 6.07) is 4.95. The standard InChI is InChI=1S/C16H24FNOS/c1-12(15-13(17)7-6-8-14(15)19-2)18-11-16(20-3)9-4-5-10-16/h6-8,12,18H,4-5,9-11H2,1-3H3. The van der Waals surface area contributed by atoms with Crippen molar-refractivity contribution in [1.29, 1.82) is 0 Å². The monoisotopic (exact) mass is 297 g/mol. The lowest BCUT2D eigenvalue weighted by Crippen LogP contribution is -2.36. The number of benzene rings is 1. The third-order valence-electron chi connectivity index (χ3n) is 4.34. The van der Waals surface area contributed by atoms with Gasteiger partial charge in [-0.05, 0) is 38.2 Å². The predicted molar refractivity (Wildman–Crippen MR) is 84.1 cm³/mol. The summed E-state index contributed by atoms with van der Waals surface area (Å²) in [6.45, 7) is 2.93. The molecular formula is C16H24FNOS. The van der Waals surface area contributed by atoms with E-state index in [4.69, 9.17) is 4.74 Å². The lowest BCUT2D eigenvalue weighted by atomic mass is 10.0. The summed E-state index contributed by atoms with van der Waals surface area (Å²) in [5, 5.41) is 3.51. The van der Waals surface area contributed by atoms with Gasteiger partial charge in [-0.25, -0.2) is 4.39 Å². The Morgan fingerprint density at radius 1 is 1.40 bits per heavy atom. The van der Waals surface area contributed by atoms with Gasteiger partial charge in [-0.1, -0.05) is 18.9 Å². The summed E-state index contributed by atoms with van der Waals surface area (Å²) in [4.78, 5) is 0. The Labute approximate surface area is 125 Å². The van der Waals surface area contributed by atoms with Gasteiger partial charge in [0.05, 0.1) is 7.11 Å². The SMILES string of the molecule is COc1cccc(F)c1C(C)NCC1(SC)CCCC1. The third-order valence-corrected chi connectivity index (χ3v) is 5.76. The largest absolute Gasteiger partial charge is 0.496 e. The molecule has 1 aromatic carbocycles. The minimum Gasteiger partial charge on any atom is -0.496 e. The minimum atomic E-state index is -0.200. The molecule has 1 unspecified atom stereocenters. The normalized spacial score (nSPS) is 19.0. The Hall–Kier alpha value is -0.740. The predicted octanol–water partition coefficient (Wildman–Crippen LogP) is 4.16. The zero-order valence-electron chi connectivity index (χ0n) is 12.5. The smallest absolute Gasteiger partial charge is 0.131 e. The van der Waals surface area contributed by atoms with Crippen molar-refractivity contribution in [2.45, 2.75) is 43.4 Å². The van der Waals surface area contributed by atoms with Crippen molar-refractivity contribution >= 4 is 11.8 Å². The quantitative estimate of drug-likeness (QED) is 0.852. The van der Waals surface area contributed by atoms with Gasteiger partial charge in [-0.15, -0.1) is 0 Å². The molecule has 4 heteroatoms. The first-order valence-electron chi connectivity index (χ1n) is 7.23. The van der Waals surface area contributed by atoms with Crippen LogP contribution in [0.4, 0.5) is 4.39 Å². The van der Waals surface area contributed by atoms with E-state index in [9.17, 15) is 4.39 Å². The Kier molecular flexibility index (Phi) is 5.33. The summed E-state index contributed by atoms with van der Waals surface area (Å²) in [6.07, 6.45) is 7.30. The molecule has 2 nitrogen and oxygen atoms in total. The van der Waals surface area contributed by atoms with Crippen molar-refractivity contribution in [2.75, 3.05) is 19.9 Å². The molecule has 0 radical (unpaired) electrons. The second kappa shape index (κ2) is 6.81. The molecule has 0 bridgehead atoms. The molecule has 0 aliphatic heterocycles. The molecule has 0 heterocycles. The van der Waals surface area contributed by atoms with Gasteiger partial charge in [0.15, 0.2) is 0 Å². The van der Waals surface area contributed by atoms with Crippen molar-refractivity contribution in [1.82, 2.24) is 5.32 Å². The van der Waals surface area contributed by atoms with Gasteiger partial charge in [0.25, 0.3) is 0 Å². The molecule has 1 atom stereocenters. The summed E-state index contributed by atoms with van der Waals surface area (Å²) >= 11 is 1.94. The van der Waals surface area contributed by atoms with E-state index in [1.54, 1.807) is 13.2 Å². The zero-order valence-corrected chi connectivity index (χ0v) is 13.4. The molecule has 2 rings (SSSR count). The highest BCUT2D eigenvalue weighted by molar-refractivity contribution is 8.00. The van der Waals surface area contributed by atoms with Crippen molar-refractivity contribution in [3.63, 3.8) is 0 Å². The molecule has 0 spiro atoms. The molecule has 1 aromatic rings. The molecule has 1 fully saturated rings. The van der Waals surface area contributed by atoms with Crippen molar-refractivity contribution < 1.29 is 9.13 Å². The van der Waals surface area contributed by atoms with E-state index in [0.717, 1.165) is 6.54 Å². The minimum absolute atomic E-state index is 0.0456. The van der Waals surface area contributed by atoms with Gasteiger partial charge in [0.1, 0.15) is 11.6 Å². The van der Waals surface area contributed by atoms with Crippen LogP contribution in [0, 0.1) is 5.82 Å². The van der Waals surface area contributed by atoms with Gasteiger partial charge < -0.3 is 10.1 Å². The highest BCUT2D eigenvalue weighted by Gasteiger charge is 2.33. The van der Waals surface area contributed by atoms with Crippen LogP contribution in [0.2, 0.25) is 0 Å². The fraction of sp³-hybridized carbons (Fsp3) is 0.625. The first-order chi connectivity index (χ1) is 9.62. The first-order valence-corrected chi connectivity index (χ1v) is 8.45. The van der Waals surface area contributed by atoms with E-state index >= 15 is 0 Å². The fourth-order valence-corrected chi connectivity index (χ4v) is 3.95. The lowest BCUT2D eigenvalue weighted by molar-refractivity contribution is 0.390. The van der Waals surface area contributed by atoms with Gasteiger partial charge in [0, 0.05) is 22.9 Å². The van der Waals surface area contributed by atoms with E-state index in [0.29, 0.717) is 16.1 Å². The molecular weight excluding hydrogens is 273 g/mol. The summed E-state index contributed by atoms with van der Waals surface area (Å²) in [7, 11) is 1.59. The molecule has 1 aliphatic carbocycles. The van der Waals surface area contributed by atoms with Gasteiger partial charge in [-0.2, -0.15) is 11.8 Å². The number of ether oxygens (including phenoxy) is 1. The van der Waals surface area contributed by atoms with Crippen LogP contribution in [0.5, 0.6) is 5.75 Å². The average Bonchev–Trinajstić information content (AvgIpc) is 2.94. The van der Waals surface area contributed by atoms with Gasteiger partial charge >= 0.3 is 0 Å². The van der Waals surface area contributed by atoms with E-state index in [2.05, 4.69) is 11.6 Å². The number of thioether (sulfide) groups is 1. The number of hydrogen-bond donors (Lipinski definition) is 1. The number of hydrogen-bond acceptors (Lipinski definition) is 3. The first kappa shape index (κ1) is 15.6. The van der Waals surface area contributed by atoms with Crippen LogP contribution in [-0.4, -0.2) is 24.7 Å². The second-order valence-electron chi connectivity index (χ2n) is 5.55. The van der Waals surface area contributed by atoms with Crippen LogP contribution in [0.3, 0.4) is 0 Å². The van der Waals surface area contributed by atoms with Crippen LogP contribution in [0.1, 0.15) is 44.2 Å². The molecule has 1 N–H and O–H groups in total. The Morgan fingerprint density at radius 3 is 2.70 bits per heavy atom. The summed E-state index contributed by atoms with van der Waals surface area (Å²) in [5.74, 6) is 0.420. The third kappa shape index (κ3) is 3.29. The lowest BCUT2D eigenvalue weighted by Gasteiger charge is -2.29. The van der Waals surface area contributed by atoms with E-state index in [1.165, 1.54) is 31.7 Å². The number of halogens is 1. The number of methoxy groups -OCH3 is 1. The van der Waals surface area contributed by atoms with E-state index in [-0.39, 0.29) is 11.9 Å². The van der Waals surface area contributed by atoms with Crippen LogP contribution in [0.25, 0.3) is 0 Å². The van der Waals surface area contributed by atoms with Crippen molar-refractivity contribution in [3.8, 4) is 5.75 Å². The highest BCUT2D eigenvalue weighted by Crippen LogP contribution is 2.40. The highest BCUT2D eigenvalue weighted by atomic mass is 32.2. The summed E-state index contributed by atoms with van der Waals surface area (Å²) < 4.78 is 19.7. The average molecular weight is 297 g/mol. The van der Waals surface area contributed by atoms with Crippen LogP contribution in [0.15, 0.2) is 18.2 Å². The maximum Gasteiger partial charge on any atom is 0.131 e. The Bertz CT molecular complexity index is 446. The van der Waals surface area contributed by atoms with Crippen LogP contribution in [-0.2, 0) is 0 Å². The number of nitrogens with one attached hydrogen (secondary N) is 1. The molecule has 112 valence electrons. The second-order valence-corrected chi connectivity index (χ2v) is 6.83. The Balaban J connectivity index is 2.07. The van der Waals surface area contributed by atoms with Crippen LogP contribution < -0.4 is 10.1 Å². The Morgan fingerprint density at radius 2 is 2.10 bits per heavy atom. The van der Waals surface area contributed by atoms with E-state index < -0.39 is 0 Å². The molecule has 1 aliphatic rings. The van der Waals surface area contributed by atoms with Crippen LogP contribution >= 0.6 is 11.8 Å². The zero-order chi connectivity index (χ0) is 14.6. The molecule has 20 heavy (non-hydrogen) atoms. The molecule has 0 amide bonds. The molecule has 1 saturated carbocycles. The van der Waals surface area contributed by atoms with E-state index in [1.807, 2.05) is 24.8 Å². The topological polar surface area (TPSA) is 21.3 Å². The molecule has 0 saturated heterocycles. The van der Waals surface area contributed by atoms with Crippen molar-refractivity contribution in [3.05, 3.63) is 29.6 Å². The van der Waals surface area contributed by atoms with Crippen molar-refractivity contribution in [2.24, 2.45) is 0 Å². The van der Waals surface area contributed by atoms with Gasteiger partial charge in [0.2, 0.25) is 0 Å². The molecule has 0 aromatic heterocycles. The maximum atomic E-state index is 14.0. The fourth-order valence-electron chi connectivity index (χ4n) is 3.03.